The third-order valence-electron chi connectivity index (χ3n) is 7.51. The minimum atomic E-state index is -0.547. The van der Waals surface area contributed by atoms with Crippen LogP contribution in [0.3, 0.4) is 0 Å². The molecular formula is C31H34FN5O3. The summed E-state index contributed by atoms with van der Waals surface area (Å²) >= 11 is 0. The van der Waals surface area contributed by atoms with Crippen molar-refractivity contribution in [2.24, 2.45) is 0 Å². The van der Waals surface area contributed by atoms with E-state index >= 15 is 4.39 Å². The number of pyridine rings is 1. The zero-order valence-corrected chi connectivity index (χ0v) is 23.7. The molecule has 2 aromatic heterocycles. The van der Waals surface area contributed by atoms with Crippen LogP contribution in [-0.2, 0) is 16.8 Å². The molecule has 0 bridgehead atoms. The van der Waals surface area contributed by atoms with Gasteiger partial charge in [0.25, 0.3) is 5.91 Å². The Balaban J connectivity index is 1.34. The number of aryl methyl sites for hydroxylation is 1. The average molecular weight is 544 g/mol. The number of hydrogen-bond donors (Lipinski definition) is 1. The molecule has 4 aromatic rings. The molecule has 0 spiro atoms. The van der Waals surface area contributed by atoms with Crippen LogP contribution in [-0.4, -0.2) is 44.1 Å². The highest BCUT2D eigenvalue weighted by Gasteiger charge is 2.43. The van der Waals surface area contributed by atoms with Gasteiger partial charge in [0.2, 0.25) is 5.91 Å². The van der Waals surface area contributed by atoms with E-state index in [1.165, 1.54) is 6.07 Å². The van der Waals surface area contributed by atoms with E-state index in [2.05, 4.69) is 22.3 Å². The first-order valence-electron chi connectivity index (χ1n) is 13.3. The molecule has 2 heterocycles. The second-order valence-corrected chi connectivity index (χ2v) is 11.8. The zero-order chi connectivity index (χ0) is 28.8. The zero-order valence-electron chi connectivity index (χ0n) is 23.7. The Morgan fingerprint density at radius 3 is 2.58 bits per heavy atom. The Labute approximate surface area is 233 Å². The van der Waals surface area contributed by atoms with Crippen molar-refractivity contribution in [3.63, 3.8) is 0 Å². The number of ether oxygens (including phenoxy) is 1. The maximum absolute atomic E-state index is 15.1. The molecule has 1 N–H and O–H groups in total. The van der Waals surface area contributed by atoms with Crippen LogP contribution in [0.1, 0.15) is 62.0 Å². The van der Waals surface area contributed by atoms with Crippen LogP contribution < -0.4 is 10.1 Å². The molecule has 1 aliphatic rings. The molecule has 0 saturated heterocycles. The highest BCUT2D eigenvalue weighted by atomic mass is 19.1. The maximum Gasteiger partial charge on any atom is 0.254 e. The van der Waals surface area contributed by atoms with E-state index in [0.717, 1.165) is 12.8 Å². The van der Waals surface area contributed by atoms with E-state index in [4.69, 9.17) is 4.74 Å². The van der Waals surface area contributed by atoms with E-state index in [-0.39, 0.29) is 34.9 Å². The number of nitrogens with one attached hydrogen (secondary N) is 1. The smallest absolute Gasteiger partial charge is 0.254 e. The van der Waals surface area contributed by atoms with Crippen molar-refractivity contribution in [1.82, 2.24) is 19.7 Å². The molecule has 2 amide bonds. The number of rotatable bonds is 7. The number of anilines is 1. The van der Waals surface area contributed by atoms with Crippen LogP contribution in [0.2, 0.25) is 0 Å². The van der Waals surface area contributed by atoms with Gasteiger partial charge in [0.15, 0.2) is 0 Å². The Morgan fingerprint density at radius 1 is 1.15 bits per heavy atom. The summed E-state index contributed by atoms with van der Waals surface area (Å²) in [4.78, 5) is 31.9. The summed E-state index contributed by atoms with van der Waals surface area (Å²) in [6.07, 6.45) is 6.78. The van der Waals surface area contributed by atoms with Crippen molar-refractivity contribution in [1.29, 1.82) is 0 Å². The second-order valence-electron chi connectivity index (χ2n) is 11.8. The van der Waals surface area contributed by atoms with Crippen LogP contribution >= 0.6 is 0 Å². The number of aromatic nitrogens is 3. The minimum absolute atomic E-state index is 0.0627. The van der Waals surface area contributed by atoms with Crippen molar-refractivity contribution < 1.29 is 18.7 Å². The molecule has 0 radical (unpaired) electrons. The van der Waals surface area contributed by atoms with E-state index in [1.54, 1.807) is 65.4 Å². The van der Waals surface area contributed by atoms with Gasteiger partial charge in [0.1, 0.15) is 17.3 Å². The number of hydrogen-bond acceptors (Lipinski definition) is 5. The van der Waals surface area contributed by atoms with E-state index in [0.29, 0.717) is 39.2 Å². The first-order chi connectivity index (χ1) is 18.8. The summed E-state index contributed by atoms with van der Waals surface area (Å²) in [6.45, 7) is 9.90. The number of carbonyl (C=O) groups excluding carboxylic acids is 2. The maximum atomic E-state index is 15.1. The number of halogens is 1. The van der Waals surface area contributed by atoms with Crippen LogP contribution in [0, 0.1) is 12.7 Å². The van der Waals surface area contributed by atoms with Gasteiger partial charge in [-0.05, 0) is 88.9 Å². The molecule has 0 atom stereocenters. The third kappa shape index (κ3) is 5.54. The first-order valence-corrected chi connectivity index (χ1v) is 13.3. The lowest BCUT2D eigenvalue weighted by atomic mass is 10.1. The molecule has 9 heteroatoms. The predicted molar refractivity (Wildman–Crippen MR) is 152 cm³/mol. The molecule has 2 aromatic carbocycles. The fourth-order valence-electron chi connectivity index (χ4n) is 4.52. The first kappa shape index (κ1) is 27.3. The van der Waals surface area contributed by atoms with Crippen molar-refractivity contribution in [2.45, 2.75) is 65.0 Å². The number of nitrogens with zero attached hydrogens (tertiary/aromatic N) is 4. The Hall–Kier alpha value is -4.27. The SMILES string of the molecule is Cc1cc(CC(=O)Nc2cnn(C(C)(C)C)c2)c(F)cc1Oc1ccnc2ccc(C(=O)N(C)C3(C)CC3)cc12. The normalized spacial score (nSPS) is 14.2. The number of benzene rings is 2. The Morgan fingerprint density at radius 2 is 1.90 bits per heavy atom. The predicted octanol–water partition coefficient (Wildman–Crippen LogP) is 6.23. The summed E-state index contributed by atoms with van der Waals surface area (Å²) in [6, 6.07) is 9.93. The lowest BCUT2D eigenvalue weighted by Crippen LogP contribution is -2.36. The van der Waals surface area contributed by atoms with Gasteiger partial charge in [-0.2, -0.15) is 5.10 Å². The van der Waals surface area contributed by atoms with Crippen LogP contribution in [0.5, 0.6) is 11.5 Å². The van der Waals surface area contributed by atoms with Crippen LogP contribution in [0.25, 0.3) is 10.9 Å². The molecule has 1 aliphatic carbocycles. The fourth-order valence-corrected chi connectivity index (χ4v) is 4.52. The van der Waals surface area contributed by atoms with Gasteiger partial charge in [-0.15, -0.1) is 0 Å². The molecule has 40 heavy (non-hydrogen) atoms. The monoisotopic (exact) mass is 543 g/mol. The van der Waals surface area contributed by atoms with Crippen molar-refractivity contribution >= 4 is 28.4 Å². The summed E-state index contributed by atoms with van der Waals surface area (Å²) in [5.74, 6) is -0.173. The molecule has 8 nitrogen and oxygen atoms in total. The summed E-state index contributed by atoms with van der Waals surface area (Å²) in [5, 5.41) is 7.71. The molecule has 1 saturated carbocycles. The summed E-state index contributed by atoms with van der Waals surface area (Å²) in [7, 11) is 1.83. The molecule has 0 unspecified atom stereocenters. The quantitative estimate of drug-likeness (QED) is 0.298. The summed E-state index contributed by atoms with van der Waals surface area (Å²) in [5.41, 5.74) is 2.37. The minimum Gasteiger partial charge on any atom is -0.456 e. The highest BCUT2D eigenvalue weighted by Crippen LogP contribution is 2.41. The van der Waals surface area contributed by atoms with Gasteiger partial charge in [-0.3, -0.25) is 19.3 Å². The fraction of sp³-hybridized carbons (Fsp3) is 0.355. The van der Waals surface area contributed by atoms with Gasteiger partial charge in [0, 0.05) is 42.0 Å². The largest absolute Gasteiger partial charge is 0.456 e. The van der Waals surface area contributed by atoms with Gasteiger partial charge in [-0.25, -0.2) is 4.39 Å². The van der Waals surface area contributed by atoms with Crippen molar-refractivity contribution in [2.75, 3.05) is 12.4 Å². The summed E-state index contributed by atoms with van der Waals surface area (Å²) < 4.78 is 23.1. The molecule has 208 valence electrons. The standard InChI is InChI=1S/C31H34FN5O3/c1-19-13-21(15-28(38)35-22-17-34-37(18-22)30(2,3)4)24(32)16-27(19)40-26-9-12-33-25-8-7-20(14-23(25)26)29(39)36(6)31(5)10-11-31/h7-9,12-14,16-18H,10-11,15H2,1-6H3,(H,35,38). The topological polar surface area (TPSA) is 89.4 Å². The lowest BCUT2D eigenvalue weighted by Gasteiger charge is -2.24. The van der Waals surface area contributed by atoms with Crippen molar-refractivity contribution in [3.05, 3.63) is 77.5 Å². The van der Waals surface area contributed by atoms with E-state index in [9.17, 15) is 9.59 Å². The Bertz CT molecular complexity index is 1620. The van der Waals surface area contributed by atoms with Crippen LogP contribution in [0.4, 0.5) is 10.1 Å². The third-order valence-corrected chi connectivity index (χ3v) is 7.51. The van der Waals surface area contributed by atoms with Gasteiger partial charge < -0.3 is 15.0 Å². The molecule has 0 aliphatic heterocycles. The van der Waals surface area contributed by atoms with Gasteiger partial charge in [-0.1, -0.05) is 0 Å². The Kier molecular flexibility index (Phi) is 6.85. The molecular weight excluding hydrogens is 509 g/mol. The van der Waals surface area contributed by atoms with E-state index < -0.39 is 5.82 Å². The number of amides is 2. The van der Waals surface area contributed by atoms with Crippen molar-refractivity contribution in [3.8, 4) is 11.5 Å². The average Bonchev–Trinajstić information content (AvgIpc) is 3.47. The molecule has 5 rings (SSSR count). The highest BCUT2D eigenvalue weighted by molar-refractivity contribution is 5.99. The second kappa shape index (κ2) is 10.0. The number of carbonyl (C=O) groups is 2. The van der Waals surface area contributed by atoms with Gasteiger partial charge in [0.05, 0.1) is 29.4 Å². The van der Waals surface area contributed by atoms with Gasteiger partial charge >= 0.3 is 0 Å². The van der Waals surface area contributed by atoms with E-state index in [1.807, 2.05) is 27.8 Å². The lowest BCUT2D eigenvalue weighted by molar-refractivity contribution is -0.115. The van der Waals surface area contributed by atoms with Crippen LogP contribution in [0.15, 0.2) is 55.0 Å². The number of fused-ring (bicyclic) bond motifs is 1. The molecule has 1 fully saturated rings.